The van der Waals surface area contributed by atoms with E-state index in [0.29, 0.717) is 106 Å². The standard InChI is InChI=1S/C31H46F3N9O5/c1-44-16-12-42(13-17-45-2)29-38-26-25(27(39-29)36-21-22-6-7-24(35-20-22)31(32,33)34)37-30(43(14-18-46-3)15-19-47-4)40-28(26)41-10-8-23(48-5)9-11-41/h6-7,20,23H,8-19,21H2,1-5H3,(H,36,38,39). The molecule has 0 aromatic carbocycles. The van der Waals surface area contributed by atoms with Crippen molar-refractivity contribution in [2.24, 2.45) is 0 Å². The zero-order chi connectivity index (χ0) is 34.5. The summed E-state index contributed by atoms with van der Waals surface area (Å²) in [5.74, 6) is 1.90. The molecular weight excluding hydrogens is 635 g/mol. The predicted octanol–water partition coefficient (Wildman–Crippen LogP) is 3.26. The maximum atomic E-state index is 13.2. The lowest BCUT2D eigenvalue weighted by Gasteiger charge is -2.33. The summed E-state index contributed by atoms with van der Waals surface area (Å²) < 4.78 is 66.6. The summed E-state index contributed by atoms with van der Waals surface area (Å²) in [7, 11) is 8.23. The minimum absolute atomic E-state index is 0.137. The van der Waals surface area contributed by atoms with Gasteiger partial charge in [-0.15, -0.1) is 0 Å². The number of ether oxygens (including phenoxy) is 5. The number of methoxy groups -OCH3 is 5. The van der Waals surface area contributed by atoms with Gasteiger partial charge in [0, 0.05) is 87.6 Å². The minimum Gasteiger partial charge on any atom is -0.383 e. The molecule has 14 nitrogen and oxygen atoms in total. The molecule has 3 aromatic rings. The van der Waals surface area contributed by atoms with E-state index in [2.05, 4.69) is 15.2 Å². The number of hydrogen-bond acceptors (Lipinski definition) is 14. The Balaban J connectivity index is 1.87. The Morgan fingerprint density at radius 2 is 1.31 bits per heavy atom. The molecule has 17 heteroatoms. The first-order chi connectivity index (χ1) is 23.2. The minimum atomic E-state index is -4.53. The number of fused-ring (bicyclic) bond motifs is 1. The fraction of sp³-hybridized carbons (Fsp3) is 0.645. The number of nitrogens with one attached hydrogen (secondary N) is 1. The van der Waals surface area contributed by atoms with Crippen molar-refractivity contribution in [2.45, 2.75) is 31.7 Å². The van der Waals surface area contributed by atoms with Crippen LogP contribution in [0.3, 0.4) is 0 Å². The Morgan fingerprint density at radius 3 is 1.79 bits per heavy atom. The highest BCUT2D eigenvalue weighted by atomic mass is 19.4. The predicted molar refractivity (Wildman–Crippen MR) is 176 cm³/mol. The van der Waals surface area contributed by atoms with Gasteiger partial charge in [-0.25, -0.2) is 9.97 Å². The number of halogens is 3. The van der Waals surface area contributed by atoms with E-state index in [0.717, 1.165) is 18.9 Å². The molecule has 0 saturated carbocycles. The van der Waals surface area contributed by atoms with E-state index >= 15 is 0 Å². The average molecular weight is 682 g/mol. The summed E-state index contributed by atoms with van der Waals surface area (Å²) in [4.78, 5) is 29.8. The second kappa shape index (κ2) is 18.2. The van der Waals surface area contributed by atoms with Gasteiger partial charge in [0.05, 0.1) is 32.5 Å². The maximum Gasteiger partial charge on any atom is 0.433 e. The first-order valence-electron chi connectivity index (χ1n) is 15.8. The molecule has 1 aliphatic heterocycles. The van der Waals surface area contributed by atoms with Crippen molar-refractivity contribution in [3.8, 4) is 0 Å². The smallest absolute Gasteiger partial charge is 0.383 e. The van der Waals surface area contributed by atoms with Crippen molar-refractivity contribution in [1.29, 1.82) is 0 Å². The van der Waals surface area contributed by atoms with Gasteiger partial charge in [0.2, 0.25) is 11.9 Å². The molecule has 0 bridgehead atoms. The quantitative estimate of drug-likeness (QED) is 0.199. The number of anilines is 4. The van der Waals surface area contributed by atoms with Crippen LogP contribution in [0.1, 0.15) is 24.1 Å². The van der Waals surface area contributed by atoms with Crippen molar-refractivity contribution in [2.75, 3.05) is 121 Å². The molecule has 0 aliphatic carbocycles. The molecule has 0 amide bonds. The Hall–Kier alpha value is -3.64. The highest BCUT2D eigenvalue weighted by Crippen LogP contribution is 2.33. The van der Waals surface area contributed by atoms with Crippen molar-refractivity contribution in [3.05, 3.63) is 29.6 Å². The van der Waals surface area contributed by atoms with E-state index in [-0.39, 0.29) is 12.6 Å². The fourth-order valence-electron chi connectivity index (χ4n) is 5.22. The Labute approximate surface area is 278 Å². The molecule has 3 aromatic heterocycles. The third kappa shape index (κ3) is 9.95. The molecule has 4 heterocycles. The van der Waals surface area contributed by atoms with Crippen molar-refractivity contribution >= 4 is 34.6 Å². The van der Waals surface area contributed by atoms with Crippen LogP contribution >= 0.6 is 0 Å². The largest absolute Gasteiger partial charge is 0.433 e. The second-order valence-corrected chi connectivity index (χ2v) is 11.2. The molecule has 1 N–H and O–H groups in total. The van der Waals surface area contributed by atoms with Crippen molar-refractivity contribution < 1.29 is 36.9 Å². The molecule has 48 heavy (non-hydrogen) atoms. The number of aromatic nitrogens is 5. The third-order valence-corrected chi connectivity index (χ3v) is 7.98. The van der Waals surface area contributed by atoms with Crippen LogP contribution in [0.5, 0.6) is 0 Å². The van der Waals surface area contributed by atoms with Crippen molar-refractivity contribution in [3.63, 3.8) is 0 Å². The molecule has 266 valence electrons. The summed E-state index contributed by atoms with van der Waals surface area (Å²) in [6, 6.07) is 2.35. The average Bonchev–Trinajstić information content (AvgIpc) is 3.10. The summed E-state index contributed by atoms with van der Waals surface area (Å²) in [6.45, 7) is 5.24. The van der Waals surface area contributed by atoms with E-state index in [1.807, 2.05) is 9.80 Å². The molecule has 1 saturated heterocycles. The molecular formula is C31H46F3N9O5. The van der Waals surface area contributed by atoms with Gasteiger partial charge in [0.15, 0.2) is 11.6 Å². The van der Waals surface area contributed by atoms with Gasteiger partial charge in [-0.1, -0.05) is 6.07 Å². The monoisotopic (exact) mass is 681 g/mol. The van der Waals surface area contributed by atoms with E-state index < -0.39 is 11.9 Å². The Morgan fingerprint density at radius 1 is 0.771 bits per heavy atom. The molecule has 0 spiro atoms. The zero-order valence-electron chi connectivity index (χ0n) is 28.3. The van der Waals surface area contributed by atoms with E-state index in [9.17, 15) is 13.2 Å². The Kier molecular flexibility index (Phi) is 14.1. The Bertz CT molecular complexity index is 1400. The molecule has 0 atom stereocenters. The first-order valence-corrected chi connectivity index (χ1v) is 15.8. The third-order valence-electron chi connectivity index (χ3n) is 7.98. The van der Waals surface area contributed by atoms with Crippen LogP contribution < -0.4 is 20.0 Å². The van der Waals surface area contributed by atoms with Gasteiger partial charge < -0.3 is 43.7 Å². The van der Waals surface area contributed by atoms with E-state index in [1.54, 1.807) is 35.5 Å². The van der Waals surface area contributed by atoms with Gasteiger partial charge in [-0.2, -0.15) is 23.1 Å². The summed E-state index contributed by atoms with van der Waals surface area (Å²) in [5, 5.41) is 3.31. The SMILES string of the molecule is COCCN(CCOC)c1nc(N2CCC(OC)CC2)c2nc(N(CCOC)CCOC)nc(NCc3ccc(C(F)(F)F)nc3)c2n1. The van der Waals surface area contributed by atoms with Crippen LogP contribution in [0.25, 0.3) is 11.0 Å². The number of pyridine rings is 1. The number of nitrogens with zero attached hydrogens (tertiary/aromatic N) is 8. The second-order valence-electron chi connectivity index (χ2n) is 11.2. The van der Waals surface area contributed by atoms with Crippen LogP contribution in [0.15, 0.2) is 18.3 Å². The lowest BCUT2D eigenvalue weighted by molar-refractivity contribution is -0.141. The normalized spacial score (nSPS) is 14.1. The zero-order valence-corrected chi connectivity index (χ0v) is 28.3. The van der Waals surface area contributed by atoms with Crippen LogP contribution in [0.2, 0.25) is 0 Å². The summed E-state index contributed by atoms with van der Waals surface area (Å²) in [6.07, 6.45) is -1.56. The highest BCUT2D eigenvalue weighted by molar-refractivity contribution is 5.95. The summed E-state index contributed by atoms with van der Waals surface area (Å²) in [5.41, 5.74) is 0.570. The fourth-order valence-corrected chi connectivity index (χ4v) is 5.22. The van der Waals surface area contributed by atoms with Crippen LogP contribution in [-0.4, -0.2) is 132 Å². The number of piperidine rings is 1. The number of hydrogen-bond donors (Lipinski definition) is 1. The maximum absolute atomic E-state index is 13.2. The van der Waals surface area contributed by atoms with E-state index in [1.165, 1.54) is 12.3 Å². The number of alkyl halides is 3. The summed E-state index contributed by atoms with van der Waals surface area (Å²) >= 11 is 0. The lowest BCUT2D eigenvalue weighted by atomic mass is 10.1. The van der Waals surface area contributed by atoms with Crippen molar-refractivity contribution in [1.82, 2.24) is 24.9 Å². The van der Waals surface area contributed by atoms with E-state index in [4.69, 9.17) is 43.6 Å². The van der Waals surface area contributed by atoms with Gasteiger partial charge in [-0.05, 0) is 24.5 Å². The topological polar surface area (TPSA) is 132 Å². The molecule has 1 aliphatic rings. The van der Waals surface area contributed by atoms with Gasteiger partial charge in [0.1, 0.15) is 16.7 Å². The van der Waals surface area contributed by atoms with Gasteiger partial charge in [0.25, 0.3) is 0 Å². The van der Waals surface area contributed by atoms with Gasteiger partial charge in [-0.3, -0.25) is 4.98 Å². The molecule has 1 fully saturated rings. The molecule has 0 radical (unpaired) electrons. The molecule has 0 unspecified atom stereocenters. The van der Waals surface area contributed by atoms with Crippen LogP contribution in [0.4, 0.5) is 36.7 Å². The van der Waals surface area contributed by atoms with Crippen LogP contribution in [-0.2, 0) is 36.4 Å². The van der Waals surface area contributed by atoms with Crippen LogP contribution in [0, 0.1) is 0 Å². The number of rotatable bonds is 19. The molecule has 4 rings (SSSR count). The highest BCUT2D eigenvalue weighted by Gasteiger charge is 2.32. The van der Waals surface area contributed by atoms with Gasteiger partial charge >= 0.3 is 6.18 Å². The first kappa shape index (κ1) is 37.2. The lowest BCUT2D eigenvalue weighted by Crippen LogP contribution is -2.38.